The van der Waals surface area contributed by atoms with Gasteiger partial charge in [0.15, 0.2) is 0 Å². The number of nitrogen functional groups attached to an aromatic ring is 1. The van der Waals surface area contributed by atoms with E-state index in [4.69, 9.17) is 10.8 Å². The molecule has 0 heterocycles. The van der Waals surface area contributed by atoms with Crippen LogP contribution in [-0.2, 0) is 4.79 Å². The third kappa shape index (κ3) is 2.25. The number of hydrogen-bond donors (Lipinski definition) is 2. The van der Waals surface area contributed by atoms with Crippen molar-refractivity contribution >= 4 is 23.3 Å². The van der Waals surface area contributed by atoms with E-state index in [1.807, 2.05) is 0 Å². The fourth-order valence-corrected chi connectivity index (χ4v) is 1.19. The number of carboxylic acid groups (broad SMARTS) is 1. The van der Waals surface area contributed by atoms with E-state index in [-0.39, 0.29) is 11.5 Å². The van der Waals surface area contributed by atoms with Gasteiger partial charge in [0.1, 0.15) is 0 Å². The van der Waals surface area contributed by atoms with E-state index in [1.54, 1.807) is 6.07 Å². The molecular weight excluding hydrogens is 196 g/mol. The molecule has 1 amide bonds. The van der Waals surface area contributed by atoms with Crippen molar-refractivity contribution in [3.8, 4) is 0 Å². The maximum atomic E-state index is 11.1. The number of benzene rings is 1. The van der Waals surface area contributed by atoms with Crippen LogP contribution in [0.3, 0.4) is 0 Å². The second-order valence-corrected chi connectivity index (χ2v) is 3.16. The Hall–Kier alpha value is -2.04. The van der Waals surface area contributed by atoms with Gasteiger partial charge >= 0.3 is 5.97 Å². The van der Waals surface area contributed by atoms with Gasteiger partial charge in [0.2, 0.25) is 5.91 Å². The molecule has 0 saturated heterocycles. The zero-order chi connectivity index (χ0) is 11.6. The molecule has 80 valence electrons. The summed E-state index contributed by atoms with van der Waals surface area (Å²) in [4.78, 5) is 23.3. The van der Waals surface area contributed by atoms with Crippen molar-refractivity contribution in [3.05, 3.63) is 23.8 Å². The van der Waals surface area contributed by atoms with Crippen LogP contribution in [0.4, 0.5) is 11.4 Å². The number of carboxylic acids is 1. The average Bonchev–Trinajstić information content (AvgIpc) is 2.16. The van der Waals surface area contributed by atoms with Gasteiger partial charge in [-0.2, -0.15) is 0 Å². The van der Waals surface area contributed by atoms with Crippen molar-refractivity contribution in [2.24, 2.45) is 0 Å². The van der Waals surface area contributed by atoms with Crippen LogP contribution in [-0.4, -0.2) is 24.0 Å². The van der Waals surface area contributed by atoms with Gasteiger partial charge in [0.25, 0.3) is 0 Å². The molecule has 0 radical (unpaired) electrons. The van der Waals surface area contributed by atoms with E-state index < -0.39 is 5.97 Å². The molecule has 1 rings (SSSR count). The molecule has 0 unspecified atom stereocenters. The van der Waals surface area contributed by atoms with Crippen molar-refractivity contribution < 1.29 is 14.7 Å². The number of rotatable bonds is 2. The Bertz CT molecular complexity index is 415. The number of hydrogen-bond acceptors (Lipinski definition) is 3. The Morgan fingerprint density at radius 1 is 1.40 bits per heavy atom. The average molecular weight is 208 g/mol. The van der Waals surface area contributed by atoms with Gasteiger partial charge in [0, 0.05) is 19.7 Å². The highest BCUT2D eigenvalue weighted by Crippen LogP contribution is 2.22. The fraction of sp³-hybridized carbons (Fsp3) is 0.200. The van der Waals surface area contributed by atoms with E-state index in [9.17, 15) is 9.59 Å². The highest BCUT2D eigenvalue weighted by molar-refractivity contribution is 6.01. The highest BCUT2D eigenvalue weighted by Gasteiger charge is 2.15. The summed E-state index contributed by atoms with van der Waals surface area (Å²) in [5.74, 6) is -1.34. The molecule has 0 aromatic heterocycles. The van der Waals surface area contributed by atoms with Gasteiger partial charge in [-0.05, 0) is 18.2 Å². The number of carbonyl (C=O) groups excluding carboxylic acids is 1. The first-order chi connectivity index (χ1) is 6.93. The van der Waals surface area contributed by atoms with Gasteiger partial charge in [-0.1, -0.05) is 0 Å². The van der Waals surface area contributed by atoms with Crippen molar-refractivity contribution in [2.45, 2.75) is 6.92 Å². The molecule has 0 aliphatic rings. The minimum Gasteiger partial charge on any atom is -0.478 e. The topological polar surface area (TPSA) is 83.6 Å². The van der Waals surface area contributed by atoms with Crippen LogP contribution in [0.15, 0.2) is 18.2 Å². The summed E-state index contributed by atoms with van der Waals surface area (Å²) in [6, 6.07) is 4.40. The van der Waals surface area contributed by atoms with Crippen LogP contribution in [0.1, 0.15) is 17.3 Å². The van der Waals surface area contributed by atoms with Crippen molar-refractivity contribution in [1.29, 1.82) is 0 Å². The van der Waals surface area contributed by atoms with E-state index in [1.165, 1.54) is 31.0 Å². The van der Waals surface area contributed by atoms with Crippen LogP contribution in [0, 0.1) is 0 Å². The number of nitrogens with zero attached hydrogens (tertiary/aromatic N) is 1. The maximum Gasteiger partial charge on any atom is 0.337 e. The molecule has 3 N–H and O–H groups in total. The lowest BCUT2D eigenvalue weighted by Crippen LogP contribution is -2.25. The molecule has 0 spiro atoms. The highest BCUT2D eigenvalue weighted by atomic mass is 16.4. The normalized spacial score (nSPS) is 9.73. The van der Waals surface area contributed by atoms with Crippen molar-refractivity contribution in [2.75, 3.05) is 17.7 Å². The number of carbonyl (C=O) groups is 2. The Morgan fingerprint density at radius 3 is 2.47 bits per heavy atom. The zero-order valence-corrected chi connectivity index (χ0v) is 8.52. The standard InChI is InChI=1S/C10H12N2O3/c1-6(13)12(2)9-4-3-7(11)5-8(9)10(14)15/h3-5H,11H2,1-2H3,(H,14,15). The van der Waals surface area contributed by atoms with E-state index in [0.29, 0.717) is 11.4 Å². The number of nitrogens with two attached hydrogens (primary N) is 1. The second kappa shape index (κ2) is 4.00. The van der Waals surface area contributed by atoms with Crippen molar-refractivity contribution in [1.82, 2.24) is 0 Å². The van der Waals surface area contributed by atoms with Gasteiger partial charge in [-0.25, -0.2) is 4.79 Å². The predicted molar refractivity (Wildman–Crippen MR) is 56.9 cm³/mol. The molecule has 5 nitrogen and oxygen atoms in total. The second-order valence-electron chi connectivity index (χ2n) is 3.16. The molecule has 0 fully saturated rings. The van der Waals surface area contributed by atoms with E-state index >= 15 is 0 Å². The number of aromatic carboxylic acids is 1. The van der Waals surface area contributed by atoms with Gasteiger partial charge < -0.3 is 15.7 Å². The third-order valence-corrected chi connectivity index (χ3v) is 2.08. The smallest absolute Gasteiger partial charge is 0.337 e. The molecular formula is C10H12N2O3. The lowest BCUT2D eigenvalue weighted by atomic mass is 10.1. The first kappa shape index (κ1) is 11.0. The summed E-state index contributed by atoms with van der Waals surface area (Å²) in [5.41, 5.74) is 6.19. The van der Waals surface area contributed by atoms with Crippen LogP contribution in [0.2, 0.25) is 0 Å². The first-order valence-corrected chi connectivity index (χ1v) is 4.30. The monoisotopic (exact) mass is 208 g/mol. The molecule has 0 aliphatic heterocycles. The van der Waals surface area contributed by atoms with Crippen LogP contribution < -0.4 is 10.6 Å². The van der Waals surface area contributed by atoms with Gasteiger partial charge in [0.05, 0.1) is 11.3 Å². The Kier molecular flexibility index (Phi) is 2.94. The molecule has 0 aliphatic carbocycles. The van der Waals surface area contributed by atoms with Gasteiger partial charge in [-0.3, -0.25) is 4.79 Å². The van der Waals surface area contributed by atoms with E-state index in [0.717, 1.165) is 0 Å². The molecule has 0 bridgehead atoms. The summed E-state index contributed by atoms with van der Waals surface area (Å²) in [7, 11) is 1.51. The predicted octanol–water partition coefficient (Wildman–Crippen LogP) is 0.950. The van der Waals surface area contributed by atoms with Gasteiger partial charge in [-0.15, -0.1) is 0 Å². The summed E-state index contributed by atoms with van der Waals surface area (Å²) in [6.45, 7) is 1.36. The Labute approximate surface area is 87.1 Å². The summed E-state index contributed by atoms with van der Waals surface area (Å²) in [6.07, 6.45) is 0. The maximum absolute atomic E-state index is 11.1. The molecule has 0 atom stereocenters. The third-order valence-electron chi connectivity index (χ3n) is 2.08. The molecule has 1 aromatic carbocycles. The summed E-state index contributed by atoms with van der Waals surface area (Å²) < 4.78 is 0. The first-order valence-electron chi connectivity index (χ1n) is 4.30. The Balaban J connectivity index is 3.28. The minimum atomic E-state index is -1.11. The minimum absolute atomic E-state index is 0.0210. The quantitative estimate of drug-likeness (QED) is 0.709. The molecule has 15 heavy (non-hydrogen) atoms. The summed E-state index contributed by atoms with van der Waals surface area (Å²) >= 11 is 0. The number of anilines is 2. The largest absolute Gasteiger partial charge is 0.478 e. The molecule has 5 heteroatoms. The fourth-order valence-electron chi connectivity index (χ4n) is 1.19. The zero-order valence-electron chi connectivity index (χ0n) is 8.52. The molecule has 1 aromatic rings. The lowest BCUT2D eigenvalue weighted by Gasteiger charge is -2.17. The van der Waals surface area contributed by atoms with E-state index in [2.05, 4.69) is 0 Å². The summed E-state index contributed by atoms with van der Waals surface area (Å²) in [5, 5.41) is 8.93. The number of amides is 1. The Morgan fingerprint density at radius 2 is 2.00 bits per heavy atom. The SMILES string of the molecule is CC(=O)N(C)c1ccc(N)cc1C(=O)O. The van der Waals surface area contributed by atoms with Crippen LogP contribution >= 0.6 is 0 Å². The van der Waals surface area contributed by atoms with Crippen LogP contribution in [0.25, 0.3) is 0 Å². The van der Waals surface area contributed by atoms with Crippen molar-refractivity contribution in [3.63, 3.8) is 0 Å². The lowest BCUT2D eigenvalue weighted by molar-refractivity contribution is -0.116. The van der Waals surface area contributed by atoms with Crippen LogP contribution in [0.5, 0.6) is 0 Å². The molecule has 0 saturated carbocycles.